The first-order valence-electron chi connectivity index (χ1n) is 6.39. The summed E-state index contributed by atoms with van der Waals surface area (Å²) in [5.41, 5.74) is -0.0435. The number of benzene rings is 1. The van der Waals surface area contributed by atoms with Crippen LogP contribution in [0.2, 0.25) is 0 Å². The number of methoxy groups -OCH3 is 1. The van der Waals surface area contributed by atoms with E-state index >= 15 is 0 Å². The molecule has 0 unspecified atom stereocenters. The van der Waals surface area contributed by atoms with E-state index in [1.54, 1.807) is 18.9 Å². The van der Waals surface area contributed by atoms with Gasteiger partial charge in [-0.25, -0.2) is 0 Å². The standard InChI is InChI=1S/C14H16O4S/c1-17-10-7-12-11(18-8-19-12)6-9(10)14(13(15)16)4-2-3-5-14/h6-7H,2-5,8H2,1H3,(H,15,16). The van der Waals surface area contributed by atoms with Gasteiger partial charge in [0.05, 0.1) is 17.4 Å². The quantitative estimate of drug-likeness (QED) is 0.922. The Morgan fingerprint density at radius 2 is 2.16 bits per heavy atom. The van der Waals surface area contributed by atoms with Gasteiger partial charge in [-0.2, -0.15) is 0 Å². The number of aliphatic carboxylic acids is 1. The number of thioether (sulfide) groups is 1. The molecule has 1 saturated carbocycles. The summed E-state index contributed by atoms with van der Waals surface area (Å²) in [6, 6.07) is 3.78. The molecule has 1 aliphatic carbocycles. The van der Waals surface area contributed by atoms with Gasteiger partial charge in [-0.05, 0) is 25.0 Å². The van der Waals surface area contributed by atoms with E-state index in [2.05, 4.69) is 0 Å². The Hall–Kier alpha value is -1.36. The first kappa shape index (κ1) is 12.7. The zero-order valence-corrected chi connectivity index (χ0v) is 11.6. The van der Waals surface area contributed by atoms with Crippen LogP contribution in [0.5, 0.6) is 11.5 Å². The van der Waals surface area contributed by atoms with E-state index in [1.807, 2.05) is 12.1 Å². The van der Waals surface area contributed by atoms with Crippen LogP contribution in [0.3, 0.4) is 0 Å². The molecule has 0 saturated heterocycles. The van der Waals surface area contributed by atoms with Crippen molar-refractivity contribution in [2.24, 2.45) is 0 Å². The molecule has 4 nitrogen and oxygen atoms in total. The third-order valence-electron chi connectivity index (χ3n) is 4.08. The maximum absolute atomic E-state index is 11.8. The molecule has 5 heteroatoms. The maximum atomic E-state index is 11.8. The van der Waals surface area contributed by atoms with Crippen molar-refractivity contribution >= 4 is 17.7 Å². The van der Waals surface area contributed by atoms with E-state index in [-0.39, 0.29) is 0 Å². The molecule has 0 atom stereocenters. The van der Waals surface area contributed by atoms with Gasteiger partial charge in [-0.3, -0.25) is 4.79 Å². The molecule has 2 aliphatic rings. The second kappa shape index (κ2) is 4.63. The van der Waals surface area contributed by atoms with Crippen molar-refractivity contribution in [3.8, 4) is 11.5 Å². The fourth-order valence-corrected chi connectivity index (χ4v) is 3.81. The molecule has 1 aromatic carbocycles. The lowest BCUT2D eigenvalue weighted by molar-refractivity contribution is -0.143. The Bertz CT molecular complexity index is 520. The molecule has 0 bridgehead atoms. The monoisotopic (exact) mass is 280 g/mol. The van der Waals surface area contributed by atoms with E-state index in [9.17, 15) is 9.90 Å². The van der Waals surface area contributed by atoms with E-state index in [4.69, 9.17) is 9.47 Å². The normalized spacial score (nSPS) is 19.8. The molecular formula is C14H16O4S. The predicted octanol–water partition coefficient (Wildman–Crippen LogP) is 3.03. The molecule has 0 radical (unpaired) electrons. The van der Waals surface area contributed by atoms with Crippen LogP contribution in [0.1, 0.15) is 31.2 Å². The van der Waals surface area contributed by atoms with Gasteiger partial charge in [-0.1, -0.05) is 24.6 Å². The average molecular weight is 280 g/mol. The van der Waals surface area contributed by atoms with Crippen molar-refractivity contribution in [1.82, 2.24) is 0 Å². The van der Waals surface area contributed by atoms with E-state index in [0.29, 0.717) is 24.5 Å². The third-order valence-corrected chi connectivity index (χ3v) is 4.94. The van der Waals surface area contributed by atoms with Crippen LogP contribution in [0.4, 0.5) is 0 Å². The highest BCUT2D eigenvalue weighted by Crippen LogP contribution is 2.49. The third kappa shape index (κ3) is 1.87. The number of carboxylic acid groups (broad SMARTS) is 1. The van der Waals surface area contributed by atoms with Crippen LogP contribution in [0.15, 0.2) is 17.0 Å². The van der Waals surface area contributed by atoms with Crippen molar-refractivity contribution in [2.45, 2.75) is 36.0 Å². The van der Waals surface area contributed by atoms with Crippen LogP contribution in [0.25, 0.3) is 0 Å². The number of ether oxygens (including phenoxy) is 2. The number of carboxylic acids is 1. The van der Waals surface area contributed by atoms with E-state index in [1.165, 1.54) is 0 Å². The first-order chi connectivity index (χ1) is 9.17. The van der Waals surface area contributed by atoms with Crippen LogP contribution in [0, 0.1) is 0 Å². The van der Waals surface area contributed by atoms with Crippen molar-refractivity contribution in [1.29, 1.82) is 0 Å². The summed E-state index contributed by atoms with van der Waals surface area (Å²) in [4.78, 5) is 12.8. The molecule has 102 valence electrons. The summed E-state index contributed by atoms with van der Waals surface area (Å²) in [5, 5.41) is 9.68. The highest BCUT2D eigenvalue weighted by Gasteiger charge is 2.45. The van der Waals surface area contributed by atoms with Gasteiger partial charge in [0.15, 0.2) is 0 Å². The van der Waals surface area contributed by atoms with Gasteiger partial charge in [0.1, 0.15) is 17.4 Å². The molecular weight excluding hydrogens is 264 g/mol. The van der Waals surface area contributed by atoms with Gasteiger partial charge in [-0.15, -0.1) is 0 Å². The highest BCUT2D eigenvalue weighted by atomic mass is 32.2. The lowest BCUT2D eigenvalue weighted by Crippen LogP contribution is -2.33. The minimum atomic E-state index is -0.809. The Morgan fingerprint density at radius 3 is 2.79 bits per heavy atom. The molecule has 3 rings (SSSR count). The van der Waals surface area contributed by atoms with Crippen LogP contribution in [-0.4, -0.2) is 24.1 Å². The largest absolute Gasteiger partial charge is 0.496 e. The fourth-order valence-electron chi connectivity index (χ4n) is 3.04. The van der Waals surface area contributed by atoms with Crippen molar-refractivity contribution in [2.75, 3.05) is 13.0 Å². The minimum Gasteiger partial charge on any atom is -0.496 e. The zero-order valence-electron chi connectivity index (χ0n) is 10.8. The van der Waals surface area contributed by atoms with E-state index < -0.39 is 11.4 Å². The summed E-state index contributed by atoms with van der Waals surface area (Å²) in [7, 11) is 1.59. The lowest BCUT2D eigenvalue weighted by atomic mass is 9.78. The second-order valence-corrected chi connectivity index (χ2v) is 5.96. The van der Waals surface area contributed by atoms with Gasteiger partial charge in [0, 0.05) is 5.56 Å². The van der Waals surface area contributed by atoms with Gasteiger partial charge in [0.2, 0.25) is 0 Å². The predicted molar refractivity (Wildman–Crippen MR) is 72.1 cm³/mol. The Balaban J connectivity index is 2.15. The molecule has 0 aromatic heterocycles. The Labute approximate surface area is 116 Å². The average Bonchev–Trinajstić information content (AvgIpc) is 3.06. The first-order valence-corrected chi connectivity index (χ1v) is 7.37. The van der Waals surface area contributed by atoms with Gasteiger partial charge in [0.25, 0.3) is 0 Å². The molecule has 19 heavy (non-hydrogen) atoms. The van der Waals surface area contributed by atoms with Crippen molar-refractivity contribution in [3.63, 3.8) is 0 Å². The number of rotatable bonds is 3. The molecule has 1 aliphatic heterocycles. The topological polar surface area (TPSA) is 55.8 Å². The molecule has 0 spiro atoms. The second-order valence-electron chi connectivity index (χ2n) is 5.00. The summed E-state index contributed by atoms with van der Waals surface area (Å²) in [6.45, 7) is 0. The van der Waals surface area contributed by atoms with Crippen LogP contribution >= 0.6 is 11.8 Å². The van der Waals surface area contributed by atoms with Crippen LogP contribution < -0.4 is 9.47 Å². The fraction of sp³-hybridized carbons (Fsp3) is 0.500. The highest BCUT2D eigenvalue weighted by molar-refractivity contribution is 7.99. The van der Waals surface area contributed by atoms with Gasteiger partial charge >= 0.3 is 5.97 Å². The lowest BCUT2D eigenvalue weighted by Gasteiger charge is -2.26. The molecule has 1 fully saturated rings. The maximum Gasteiger partial charge on any atom is 0.314 e. The Morgan fingerprint density at radius 1 is 1.42 bits per heavy atom. The van der Waals surface area contributed by atoms with Crippen molar-refractivity contribution < 1.29 is 19.4 Å². The molecule has 1 heterocycles. The number of hydrogen-bond acceptors (Lipinski definition) is 4. The zero-order chi connectivity index (χ0) is 13.5. The molecule has 1 N–H and O–H groups in total. The number of carbonyl (C=O) groups is 1. The summed E-state index contributed by atoms with van der Waals surface area (Å²) < 4.78 is 11.0. The summed E-state index contributed by atoms with van der Waals surface area (Å²) in [6.07, 6.45) is 3.24. The van der Waals surface area contributed by atoms with E-state index in [0.717, 1.165) is 29.1 Å². The van der Waals surface area contributed by atoms with Crippen molar-refractivity contribution in [3.05, 3.63) is 17.7 Å². The summed E-state index contributed by atoms with van der Waals surface area (Å²) >= 11 is 1.61. The van der Waals surface area contributed by atoms with Crippen LogP contribution in [-0.2, 0) is 10.2 Å². The van der Waals surface area contributed by atoms with Gasteiger partial charge < -0.3 is 14.6 Å². The SMILES string of the molecule is COc1cc2c(cc1C1(C(=O)O)CCCC1)OCS2. The summed E-state index contributed by atoms with van der Waals surface area (Å²) in [5.74, 6) is 1.28. The Kier molecular flexibility index (Phi) is 3.09. The number of hydrogen-bond donors (Lipinski definition) is 1. The smallest absolute Gasteiger partial charge is 0.314 e. The molecule has 1 aromatic rings. The number of fused-ring (bicyclic) bond motifs is 1. The minimum absolute atomic E-state index is 0.585. The molecule has 0 amide bonds.